The molecule has 1 nitrogen and oxygen atoms in total. The van der Waals surface area contributed by atoms with Crippen molar-refractivity contribution < 1.29 is 0 Å². The molecule has 0 heterocycles. The van der Waals surface area contributed by atoms with E-state index in [9.17, 15) is 0 Å². The maximum Gasteiger partial charge on any atom is 0.00886 e. The summed E-state index contributed by atoms with van der Waals surface area (Å²) in [5, 5.41) is 3.30. The van der Waals surface area contributed by atoms with Gasteiger partial charge in [0.15, 0.2) is 0 Å². The molecule has 82 valence electrons. The molecule has 2 atom stereocenters. The van der Waals surface area contributed by atoms with Gasteiger partial charge in [0.25, 0.3) is 0 Å². The Morgan fingerprint density at radius 1 is 1.14 bits per heavy atom. The van der Waals surface area contributed by atoms with E-state index in [-0.39, 0.29) is 0 Å². The van der Waals surface area contributed by atoms with Crippen molar-refractivity contribution in [2.45, 2.75) is 58.9 Å². The second kappa shape index (κ2) is 9.09. The number of hydrogen-bond acceptors (Lipinski definition) is 1. The molecule has 1 N–H and O–H groups in total. The summed E-state index contributed by atoms with van der Waals surface area (Å²) < 4.78 is 0. The summed E-state index contributed by atoms with van der Waals surface area (Å²) in [5.74, 6) is 7.07. The highest BCUT2D eigenvalue weighted by Crippen LogP contribution is 2.12. The average Bonchev–Trinajstić information content (AvgIpc) is 2.21. The predicted molar refractivity (Wildman–Crippen MR) is 64.2 cm³/mol. The Balaban J connectivity index is 3.35. The van der Waals surface area contributed by atoms with Crippen LogP contribution >= 0.6 is 0 Å². The minimum absolute atomic E-state index is 0.636. The van der Waals surface area contributed by atoms with Gasteiger partial charge in [0.05, 0.1) is 0 Å². The van der Waals surface area contributed by atoms with E-state index in [1.165, 1.54) is 19.3 Å². The van der Waals surface area contributed by atoms with Gasteiger partial charge in [-0.05, 0) is 32.7 Å². The number of hydrogen-bond donors (Lipinski definition) is 1. The third-order valence-corrected chi connectivity index (χ3v) is 2.82. The zero-order valence-corrected chi connectivity index (χ0v) is 10.2. The molecule has 0 spiro atoms. The molecule has 0 aromatic carbocycles. The largest absolute Gasteiger partial charge is 0.317 e. The van der Waals surface area contributed by atoms with E-state index in [0.29, 0.717) is 6.04 Å². The van der Waals surface area contributed by atoms with Crippen molar-refractivity contribution in [1.82, 2.24) is 5.32 Å². The van der Waals surface area contributed by atoms with Gasteiger partial charge in [0, 0.05) is 18.9 Å². The maximum absolute atomic E-state index is 3.30. The van der Waals surface area contributed by atoms with Gasteiger partial charge in [0.2, 0.25) is 0 Å². The molecule has 0 aliphatic rings. The molecule has 2 unspecified atom stereocenters. The summed E-state index contributed by atoms with van der Waals surface area (Å²) in [5.41, 5.74) is 0. The molecule has 1 heteroatoms. The van der Waals surface area contributed by atoms with Gasteiger partial charge in [-0.3, -0.25) is 0 Å². The van der Waals surface area contributed by atoms with Gasteiger partial charge in [-0.25, -0.2) is 0 Å². The summed E-state index contributed by atoms with van der Waals surface area (Å²) in [4.78, 5) is 0. The Kier molecular flexibility index (Phi) is 8.78. The summed E-state index contributed by atoms with van der Waals surface area (Å²) in [7, 11) is 2.04. The Hall–Kier alpha value is -0.480. The lowest BCUT2D eigenvalue weighted by Gasteiger charge is -2.18. The summed E-state index contributed by atoms with van der Waals surface area (Å²) >= 11 is 0. The van der Waals surface area contributed by atoms with E-state index < -0.39 is 0 Å². The van der Waals surface area contributed by atoms with Crippen LogP contribution in [0.4, 0.5) is 0 Å². The molecule has 0 saturated heterocycles. The molecule has 0 saturated carbocycles. The third kappa shape index (κ3) is 6.97. The first-order valence-corrected chi connectivity index (χ1v) is 5.85. The lowest BCUT2D eigenvalue weighted by Crippen LogP contribution is -2.28. The van der Waals surface area contributed by atoms with Crippen LogP contribution in [-0.4, -0.2) is 13.1 Å². The molecular formula is C13H25N. The van der Waals surface area contributed by atoms with Gasteiger partial charge in [0.1, 0.15) is 0 Å². The van der Waals surface area contributed by atoms with E-state index in [1.807, 2.05) is 7.05 Å². The van der Waals surface area contributed by atoms with Crippen LogP contribution in [0.1, 0.15) is 52.9 Å². The predicted octanol–water partition coefficient (Wildman–Crippen LogP) is 3.20. The van der Waals surface area contributed by atoms with Crippen molar-refractivity contribution in [3.8, 4) is 11.8 Å². The van der Waals surface area contributed by atoms with Crippen molar-refractivity contribution in [3.05, 3.63) is 0 Å². The minimum Gasteiger partial charge on any atom is -0.317 e. The molecular weight excluding hydrogens is 170 g/mol. The van der Waals surface area contributed by atoms with Gasteiger partial charge >= 0.3 is 0 Å². The topological polar surface area (TPSA) is 12.0 Å². The molecule has 0 fully saturated rings. The molecule has 14 heavy (non-hydrogen) atoms. The van der Waals surface area contributed by atoms with Crippen LogP contribution in [0, 0.1) is 17.8 Å². The zero-order chi connectivity index (χ0) is 10.8. The van der Waals surface area contributed by atoms with Crippen molar-refractivity contribution in [1.29, 1.82) is 0 Å². The normalized spacial score (nSPS) is 14.3. The molecule has 0 aliphatic carbocycles. The summed E-state index contributed by atoms with van der Waals surface area (Å²) in [6.07, 6.45) is 5.96. The van der Waals surface area contributed by atoms with Gasteiger partial charge in [-0.15, -0.1) is 11.8 Å². The highest BCUT2D eigenvalue weighted by Gasteiger charge is 2.08. The lowest BCUT2D eigenvalue weighted by atomic mass is 9.97. The van der Waals surface area contributed by atoms with Crippen LogP contribution in [0.15, 0.2) is 0 Å². The van der Waals surface area contributed by atoms with Crippen molar-refractivity contribution in [3.63, 3.8) is 0 Å². The molecule has 0 aliphatic heterocycles. The first-order chi connectivity index (χ1) is 6.72. The molecule has 0 aromatic heterocycles. The third-order valence-electron chi connectivity index (χ3n) is 2.82. The fourth-order valence-electron chi connectivity index (χ4n) is 1.43. The van der Waals surface area contributed by atoms with Crippen LogP contribution in [0.2, 0.25) is 0 Å². The van der Waals surface area contributed by atoms with Crippen molar-refractivity contribution >= 4 is 0 Å². The fourth-order valence-corrected chi connectivity index (χ4v) is 1.43. The second-order valence-electron chi connectivity index (χ2n) is 4.01. The van der Waals surface area contributed by atoms with Gasteiger partial charge in [-0.2, -0.15) is 0 Å². The maximum atomic E-state index is 3.30. The lowest BCUT2D eigenvalue weighted by molar-refractivity contribution is 0.388. The molecule has 0 aromatic rings. The smallest absolute Gasteiger partial charge is 0.00886 e. The number of rotatable bonds is 6. The van der Waals surface area contributed by atoms with Crippen LogP contribution < -0.4 is 5.32 Å². The average molecular weight is 195 g/mol. The Morgan fingerprint density at radius 3 is 2.43 bits per heavy atom. The summed E-state index contributed by atoms with van der Waals surface area (Å²) in [6.45, 7) is 6.67. The minimum atomic E-state index is 0.636. The molecule has 0 radical (unpaired) electrons. The monoisotopic (exact) mass is 195 g/mol. The quantitative estimate of drug-likeness (QED) is 0.507. The van der Waals surface area contributed by atoms with E-state index >= 15 is 0 Å². The molecule has 0 amide bonds. The first kappa shape index (κ1) is 13.5. The van der Waals surface area contributed by atoms with Crippen LogP contribution in [0.5, 0.6) is 0 Å². The summed E-state index contributed by atoms with van der Waals surface area (Å²) in [6, 6.07) is 0.636. The Bertz CT molecular complexity index is 175. The Morgan fingerprint density at radius 2 is 1.86 bits per heavy atom. The highest BCUT2D eigenvalue weighted by molar-refractivity contribution is 4.97. The number of nitrogens with one attached hydrogen (secondary N) is 1. The van der Waals surface area contributed by atoms with E-state index in [4.69, 9.17) is 0 Å². The number of unbranched alkanes of at least 4 members (excludes halogenated alkanes) is 2. The highest BCUT2D eigenvalue weighted by atomic mass is 14.9. The van der Waals surface area contributed by atoms with Crippen LogP contribution in [0.25, 0.3) is 0 Å². The van der Waals surface area contributed by atoms with Crippen molar-refractivity contribution in [2.24, 2.45) is 5.92 Å². The fraction of sp³-hybridized carbons (Fsp3) is 0.846. The first-order valence-electron chi connectivity index (χ1n) is 5.85. The van der Waals surface area contributed by atoms with Crippen LogP contribution in [0.3, 0.4) is 0 Å². The van der Waals surface area contributed by atoms with Crippen LogP contribution in [-0.2, 0) is 0 Å². The Labute approximate surface area is 89.7 Å². The van der Waals surface area contributed by atoms with Crippen molar-refractivity contribution in [2.75, 3.05) is 7.05 Å². The van der Waals surface area contributed by atoms with Gasteiger partial charge < -0.3 is 5.32 Å². The van der Waals surface area contributed by atoms with E-state index in [0.717, 1.165) is 18.8 Å². The van der Waals surface area contributed by atoms with Gasteiger partial charge in [-0.1, -0.05) is 20.3 Å². The second-order valence-corrected chi connectivity index (χ2v) is 4.01. The molecule has 0 rings (SSSR count). The molecule has 0 bridgehead atoms. The van der Waals surface area contributed by atoms with E-state index in [2.05, 4.69) is 37.9 Å². The zero-order valence-electron chi connectivity index (χ0n) is 10.2. The SMILES string of the molecule is CCC#CCCCCC(C)C(C)NC. The standard InChI is InChI=1S/C13H25N/c1-5-6-7-8-9-10-11-12(2)13(3)14-4/h12-14H,5,8-11H2,1-4H3. The van der Waals surface area contributed by atoms with E-state index in [1.54, 1.807) is 0 Å².